The van der Waals surface area contributed by atoms with Crippen LogP contribution < -0.4 is 16.0 Å². The SMILES string of the molecule is CN=C(NCCNc1ncnc2c1cnn2C)NC1CC(C)N(Cc2ccccc2)C1. The van der Waals surface area contributed by atoms with Crippen LogP contribution in [0.4, 0.5) is 5.82 Å². The zero-order valence-electron chi connectivity index (χ0n) is 18.4. The van der Waals surface area contributed by atoms with Crippen LogP contribution in [0.25, 0.3) is 11.0 Å². The van der Waals surface area contributed by atoms with Gasteiger partial charge in [0.2, 0.25) is 0 Å². The number of aryl methyl sites for hydroxylation is 1. The maximum Gasteiger partial charge on any atom is 0.191 e. The number of fused-ring (bicyclic) bond motifs is 1. The maximum atomic E-state index is 4.39. The van der Waals surface area contributed by atoms with Gasteiger partial charge < -0.3 is 16.0 Å². The van der Waals surface area contributed by atoms with Crippen molar-refractivity contribution in [2.24, 2.45) is 12.0 Å². The quantitative estimate of drug-likeness (QED) is 0.303. The number of aliphatic imine (C=N–C) groups is 1. The van der Waals surface area contributed by atoms with E-state index in [4.69, 9.17) is 0 Å². The van der Waals surface area contributed by atoms with Crippen molar-refractivity contribution in [3.05, 3.63) is 48.4 Å². The van der Waals surface area contributed by atoms with E-state index in [-0.39, 0.29) is 0 Å². The van der Waals surface area contributed by atoms with Crippen LogP contribution in [0.5, 0.6) is 0 Å². The molecule has 2 aromatic heterocycles. The van der Waals surface area contributed by atoms with Gasteiger partial charge in [0, 0.05) is 52.4 Å². The van der Waals surface area contributed by atoms with Gasteiger partial charge in [0.15, 0.2) is 11.6 Å². The molecule has 0 amide bonds. The van der Waals surface area contributed by atoms with Gasteiger partial charge in [-0.3, -0.25) is 14.6 Å². The summed E-state index contributed by atoms with van der Waals surface area (Å²) in [6.45, 7) is 5.72. The lowest BCUT2D eigenvalue weighted by Crippen LogP contribution is -2.45. The van der Waals surface area contributed by atoms with Crippen molar-refractivity contribution in [3.63, 3.8) is 0 Å². The molecule has 3 N–H and O–H groups in total. The van der Waals surface area contributed by atoms with Crippen LogP contribution in [0.15, 0.2) is 47.8 Å². The third-order valence-electron chi connectivity index (χ3n) is 5.74. The highest BCUT2D eigenvalue weighted by Crippen LogP contribution is 2.20. The molecular weight excluding hydrogens is 390 g/mol. The highest BCUT2D eigenvalue weighted by atomic mass is 15.3. The number of guanidine groups is 1. The molecule has 31 heavy (non-hydrogen) atoms. The van der Waals surface area contributed by atoms with E-state index in [2.05, 4.69) is 78.2 Å². The summed E-state index contributed by atoms with van der Waals surface area (Å²) < 4.78 is 1.75. The summed E-state index contributed by atoms with van der Waals surface area (Å²) in [5.74, 6) is 1.62. The molecule has 1 aromatic carbocycles. The van der Waals surface area contributed by atoms with Crippen LogP contribution in [-0.4, -0.2) is 69.4 Å². The predicted molar refractivity (Wildman–Crippen MR) is 124 cm³/mol. The van der Waals surface area contributed by atoms with Crippen LogP contribution in [0.1, 0.15) is 18.9 Å². The molecule has 3 heterocycles. The number of likely N-dealkylation sites (tertiary alicyclic amines) is 1. The molecule has 1 aliphatic heterocycles. The minimum Gasteiger partial charge on any atom is -0.368 e. The fourth-order valence-electron chi connectivity index (χ4n) is 4.09. The van der Waals surface area contributed by atoms with Gasteiger partial charge in [0.1, 0.15) is 12.1 Å². The molecule has 0 radical (unpaired) electrons. The smallest absolute Gasteiger partial charge is 0.191 e. The number of benzene rings is 1. The Balaban J connectivity index is 1.23. The number of aromatic nitrogens is 4. The summed E-state index contributed by atoms with van der Waals surface area (Å²) in [5, 5.41) is 15.5. The summed E-state index contributed by atoms with van der Waals surface area (Å²) >= 11 is 0. The standard InChI is InChI=1S/C22H31N9/c1-16-11-18(14-31(16)13-17-7-5-4-6-8-17)29-22(23-2)25-10-9-24-20-19-12-28-30(3)21(19)27-15-26-20/h4-8,12,15-16,18H,9-11,13-14H2,1-3H3,(H2,23,25,29)(H,24,26,27). The Morgan fingerprint density at radius 2 is 2.03 bits per heavy atom. The fourth-order valence-corrected chi connectivity index (χ4v) is 4.09. The van der Waals surface area contributed by atoms with E-state index in [9.17, 15) is 0 Å². The highest BCUT2D eigenvalue weighted by molar-refractivity contribution is 5.86. The summed E-state index contributed by atoms with van der Waals surface area (Å²) in [5.41, 5.74) is 2.18. The molecule has 0 saturated carbocycles. The molecule has 1 fully saturated rings. The number of hydrogen-bond donors (Lipinski definition) is 3. The summed E-state index contributed by atoms with van der Waals surface area (Å²) in [6.07, 6.45) is 4.45. The third kappa shape index (κ3) is 5.11. The second-order valence-electron chi connectivity index (χ2n) is 7.99. The Kier molecular flexibility index (Phi) is 6.61. The Labute approximate surface area is 183 Å². The van der Waals surface area contributed by atoms with Crippen molar-refractivity contribution in [2.75, 3.05) is 32.0 Å². The fraction of sp³-hybridized carbons (Fsp3) is 0.455. The Hall–Kier alpha value is -3.20. The minimum atomic E-state index is 0.384. The molecule has 0 spiro atoms. The Bertz CT molecular complexity index is 1010. The van der Waals surface area contributed by atoms with Gasteiger partial charge in [0.05, 0.1) is 11.6 Å². The lowest BCUT2D eigenvalue weighted by molar-refractivity contribution is 0.258. The summed E-state index contributed by atoms with van der Waals surface area (Å²) in [7, 11) is 3.69. The topological polar surface area (TPSA) is 95.3 Å². The molecule has 0 aliphatic carbocycles. The molecule has 9 nitrogen and oxygen atoms in total. The zero-order chi connectivity index (χ0) is 21.6. The van der Waals surface area contributed by atoms with Crippen molar-refractivity contribution >= 4 is 22.8 Å². The van der Waals surface area contributed by atoms with Crippen molar-refractivity contribution in [3.8, 4) is 0 Å². The molecule has 4 rings (SSSR count). The second kappa shape index (κ2) is 9.74. The lowest BCUT2D eigenvalue weighted by atomic mass is 10.2. The molecule has 3 aromatic rings. The van der Waals surface area contributed by atoms with Crippen molar-refractivity contribution in [1.82, 2.24) is 35.3 Å². The van der Waals surface area contributed by atoms with Gasteiger partial charge in [-0.2, -0.15) is 5.10 Å². The second-order valence-corrected chi connectivity index (χ2v) is 7.99. The average Bonchev–Trinajstić information content (AvgIpc) is 3.33. The van der Waals surface area contributed by atoms with E-state index in [1.807, 2.05) is 14.1 Å². The zero-order valence-corrected chi connectivity index (χ0v) is 18.4. The molecule has 2 unspecified atom stereocenters. The summed E-state index contributed by atoms with van der Waals surface area (Å²) in [4.78, 5) is 15.5. The van der Waals surface area contributed by atoms with Crippen molar-refractivity contribution in [2.45, 2.75) is 32.0 Å². The van der Waals surface area contributed by atoms with Gasteiger partial charge in [-0.25, -0.2) is 9.97 Å². The van der Waals surface area contributed by atoms with Gasteiger partial charge in [0.25, 0.3) is 0 Å². The molecule has 9 heteroatoms. The monoisotopic (exact) mass is 421 g/mol. The molecule has 164 valence electrons. The first-order valence-corrected chi connectivity index (χ1v) is 10.8. The molecule has 1 saturated heterocycles. The normalized spacial score (nSPS) is 19.6. The molecule has 1 aliphatic rings. The van der Waals surface area contributed by atoms with E-state index in [0.717, 1.165) is 48.9 Å². The Morgan fingerprint density at radius 1 is 1.19 bits per heavy atom. The van der Waals surface area contributed by atoms with Gasteiger partial charge in [-0.05, 0) is 18.9 Å². The lowest BCUT2D eigenvalue weighted by Gasteiger charge is -2.21. The predicted octanol–water partition coefficient (Wildman–Crippen LogP) is 1.60. The average molecular weight is 422 g/mol. The molecular formula is C22H31N9. The number of nitrogens with one attached hydrogen (secondary N) is 3. The van der Waals surface area contributed by atoms with Crippen LogP contribution in [0, 0.1) is 0 Å². The van der Waals surface area contributed by atoms with Crippen LogP contribution >= 0.6 is 0 Å². The van der Waals surface area contributed by atoms with E-state index in [1.165, 1.54) is 5.56 Å². The van der Waals surface area contributed by atoms with Gasteiger partial charge >= 0.3 is 0 Å². The number of nitrogens with zero attached hydrogens (tertiary/aromatic N) is 6. The van der Waals surface area contributed by atoms with E-state index in [0.29, 0.717) is 18.6 Å². The first kappa shape index (κ1) is 21.0. The van der Waals surface area contributed by atoms with E-state index < -0.39 is 0 Å². The van der Waals surface area contributed by atoms with E-state index in [1.54, 1.807) is 17.2 Å². The van der Waals surface area contributed by atoms with Crippen LogP contribution in [0.3, 0.4) is 0 Å². The van der Waals surface area contributed by atoms with E-state index >= 15 is 0 Å². The van der Waals surface area contributed by atoms with Crippen LogP contribution in [-0.2, 0) is 13.6 Å². The first-order valence-electron chi connectivity index (χ1n) is 10.8. The number of hydrogen-bond acceptors (Lipinski definition) is 6. The third-order valence-corrected chi connectivity index (χ3v) is 5.74. The van der Waals surface area contributed by atoms with Crippen molar-refractivity contribution in [1.29, 1.82) is 0 Å². The number of anilines is 1. The maximum absolute atomic E-state index is 4.39. The molecule has 2 atom stereocenters. The largest absolute Gasteiger partial charge is 0.368 e. The minimum absolute atomic E-state index is 0.384. The van der Waals surface area contributed by atoms with Crippen molar-refractivity contribution < 1.29 is 0 Å². The highest BCUT2D eigenvalue weighted by Gasteiger charge is 2.29. The number of rotatable bonds is 7. The van der Waals surface area contributed by atoms with Gasteiger partial charge in [-0.15, -0.1) is 0 Å². The van der Waals surface area contributed by atoms with Crippen LogP contribution in [0.2, 0.25) is 0 Å². The Morgan fingerprint density at radius 3 is 2.84 bits per heavy atom. The summed E-state index contributed by atoms with van der Waals surface area (Å²) in [6, 6.07) is 11.6. The first-order chi connectivity index (χ1) is 15.1. The molecule has 0 bridgehead atoms. The van der Waals surface area contributed by atoms with Gasteiger partial charge in [-0.1, -0.05) is 30.3 Å².